The molecule has 1 fully saturated rings. The van der Waals surface area contributed by atoms with Crippen molar-refractivity contribution < 1.29 is 27.1 Å². The number of carbonyl (C=O) groups is 1. The van der Waals surface area contributed by atoms with E-state index >= 15 is 0 Å². The minimum Gasteiger partial charge on any atom is -0.495 e. The number of fused-ring (bicyclic) bond motifs is 1. The van der Waals surface area contributed by atoms with Gasteiger partial charge in [-0.15, -0.1) is 0 Å². The molecular formula is C25H29F4N3O2. The normalized spacial score (nSPS) is 21.1. The van der Waals surface area contributed by atoms with E-state index < -0.39 is 29.9 Å². The molecule has 0 radical (unpaired) electrons. The molecule has 9 heteroatoms. The van der Waals surface area contributed by atoms with Crippen molar-refractivity contribution in [2.24, 2.45) is 0 Å². The molecule has 2 heterocycles. The van der Waals surface area contributed by atoms with Gasteiger partial charge in [-0.3, -0.25) is 9.69 Å². The van der Waals surface area contributed by atoms with Gasteiger partial charge in [0.2, 0.25) is 5.91 Å². The van der Waals surface area contributed by atoms with E-state index in [4.69, 9.17) is 4.74 Å². The number of halogens is 4. The molecule has 0 aliphatic carbocycles. The average Bonchev–Trinajstić information content (AvgIpc) is 3.18. The molecular weight excluding hydrogens is 450 g/mol. The number of carbonyl (C=O) groups excluding carboxylic acids is 1. The zero-order chi connectivity index (χ0) is 24.8. The topological polar surface area (TPSA) is 36.0 Å². The molecule has 1 amide bonds. The van der Waals surface area contributed by atoms with Crippen LogP contribution in [0.1, 0.15) is 30.5 Å². The molecule has 0 saturated carbocycles. The van der Waals surface area contributed by atoms with Crippen LogP contribution in [0.25, 0.3) is 0 Å². The fraction of sp³-hybridized carbons (Fsp3) is 0.480. The van der Waals surface area contributed by atoms with Crippen molar-refractivity contribution >= 4 is 17.3 Å². The van der Waals surface area contributed by atoms with Gasteiger partial charge in [-0.05, 0) is 56.6 Å². The number of anilines is 2. The highest BCUT2D eigenvalue weighted by Crippen LogP contribution is 2.41. The molecule has 0 bridgehead atoms. The van der Waals surface area contributed by atoms with Gasteiger partial charge in [-0.25, -0.2) is 4.39 Å². The summed E-state index contributed by atoms with van der Waals surface area (Å²) in [5.41, 5.74) is 0.693. The number of methoxy groups -OCH3 is 1. The van der Waals surface area contributed by atoms with Crippen LogP contribution in [0.2, 0.25) is 0 Å². The van der Waals surface area contributed by atoms with Crippen LogP contribution < -0.4 is 14.5 Å². The Morgan fingerprint density at radius 1 is 1.12 bits per heavy atom. The number of piperazine rings is 1. The van der Waals surface area contributed by atoms with E-state index in [0.717, 1.165) is 36.5 Å². The Labute approximate surface area is 196 Å². The van der Waals surface area contributed by atoms with E-state index in [9.17, 15) is 22.4 Å². The summed E-state index contributed by atoms with van der Waals surface area (Å²) in [6, 6.07) is 7.56. The van der Waals surface area contributed by atoms with Gasteiger partial charge in [0.15, 0.2) is 0 Å². The Kier molecular flexibility index (Phi) is 6.50. The summed E-state index contributed by atoms with van der Waals surface area (Å²) in [4.78, 5) is 19.2. The highest BCUT2D eigenvalue weighted by atomic mass is 19.4. The van der Waals surface area contributed by atoms with Crippen molar-refractivity contribution in [3.63, 3.8) is 0 Å². The second kappa shape index (κ2) is 9.09. The molecule has 0 unspecified atom stereocenters. The van der Waals surface area contributed by atoms with Crippen LogP contribution in [0.15, 0.2) is 30.3 Å². The van der Waals surface area contributed by atoms with Gasteiger partial charge in [0.25, 0.3) is 0 Å². The van der Waals surface area contributed by atoms with E-state index in [-0.39, 0.29) is 5.56 Å². The smallest absolute Gasteiger partial charge is 0.419 e. The first-order valence-corrected chi connectivity index (χ1v) is 11.3. The molecule has 2 atom stereocenters. The monoisotopic (exact) mass is 479 g/mol. The molecule has 4 rings (SSSR count). The van der Waals surface area contributed by atoms with Gasteiger partial charge in [-0.1, -0.05) is 12.1 Å². The second-order valence-electron chi connectivity index (χ2n) is 9.17. The molecule has 1 saturated heterocycles. The van der Waals surface area contributed by atoms with E-state index in [2.05, 4.69) is 30.7 Å². The van der Waals surface area contributed by atoms with Gasteiger partial charge in [-0.2, -0.15) is 13.2 Å². The predicted octanol–water partition coefficient (Wildman–Crippen LogP) is 4.51. The third-order valence-corrected chi connectivity index (χ3v) is 7.00. The van der Waals surface area contributed by atoms with Gasteiger partial charge < -0.3 is 14.5 Å². The van der Waals surface area contributed by atoms with Gasteiger partial charge in [0.1, 0.15) is 11.6 Å². The van der Waals surface area contributed by atoms with Gasteiger partial charge in [0, 0.05) is 37.4 Å². The zero-order valence-corrected chi connectivity index (χ0v) is 19.7. The first-order chi connectivity index (χ1) is 16.0. The largest absolute Gasteiger partial charge is 0.495 e. The van der Waals surface area contributed by atoms with E-state index in [0.29, 0.717) is 36.5 Å². The van der Waals surface area contributed by atoms with Crippen LogP contribution in [0, 0.1) is 5.82 Å². The molecule has 2 aromatic rings. The molecule has 0 N–H and O–H groups in total. The fourth-order valence-electron chi connectivity index (χ4n) is 4.97. The number of benzene rings is 2. The Balaban J connectivity index is 1.65. The Morgan fingerprint density at radius 3 is 2.41 bits per heavy atom. The number of ether oxygens (including phenoxy) is 1. The number of rotatable bonds is 4. The van der Waals surface area contributed by atoms with Crippen molar-refractivity contribution in [2.75, 3.05) is 43.6 Å². The summed E-state index contributed by atoms with van der Waals surface area (Å²) < 4.78 is 59.9. The Hall–Kier alpha value is -2.81. The molecule has 2 aliphatic heterocycles. The van der Waals surface area contributed by atoms with Gasteiger partial charge in [0.05, 0.1) is 24.8 Å². The highest BCUT2D eigenvalue weighted by Gasteiger charge is 2.38. The van der Waals surface area contributed by atoms with Crippen molar-refractivity contribution in [1.82, 2.24) is 4.90 Å². The van der Waals surface area contributed by atoms with Crippen molar-refractivity contribution in [1.29, 1.82) is 0 Å². The minimum atomic E-state index is -4.88. The van der Waals surface area contributed by atoms with Crippen LogP contribution in [0.5, 0.6) is 5.75 Å². The summed E-state index contributed by atoms with van der Waals surface area (Å²) >= 11 is 0. The molecule has 184 valence electrons. The molecule has 2 aromatic carbocycles. The molecule has 2 aliphatic rings. The van der Waals surface area contributed by atoms with Crippen molar-refractivity contribution in [2.45, 2.75) is 44.9 Å². The van der Waals surface area contributed by atoms with Crippen molar-refractivity contribution in [3.05, 3.63) is 52.8 Å². The fourth-order valence-corrected chi connectivity index (χ4v) is 4.97. The van der Waals surface area contributed by atoms with E-state index in [1.807, 2.05) is 12.1 Å². The third kappa shape index (κ3) is 4.45. The lowest BCUT2D eigenvalue weighted by molar-refractivity contribution is -0.140. The summed E-state index contributed by atoms with van der Waals surface area (Å²) in [7, 11) is 3.70. The number of amides is 1. The number of alkyl halides is 3. The lowest BCUT2D eigenvalue weighted by Gasteiger charge is -2.44. The maximum atomic E-state index is 14.0. The lowest BCUT2D eigenvalue weighted by atomic mass is 10.0. The second-order valence-corrected chi connectivity index (χ2v) is 9.17. The predicted molar refractivity (Wildman–Crippen MR) is 123 cm³/mol. The Bertz CT molecular complexity index is 1080. The summed E-state index contributed by atoms with van der Waals surface area (Å²) in [6.45, 7) is 6.21. The summed E-state index contributed by atoms with van der Waals surface area (Å²) in [5, 5.41) is 0. The van der Waals surface area contributed by atoms with Crippen LogP contribution in [-0.4, -0.2) is 56.7 Å². The van der Waals surface area contributed by atoms with Crippen LogP contribution in [0.4, 0.5) is 28.9 Å². The lowest BCUT2D eigenvalue weighted by Crippen LogP contribution is -2.55. The van der Waals surface area contributed by atoms with E-state index in [1.165, 1.54) is 11.0 Å². The zero-order valence-electron chi connectivity index (χ0n) is 19.7. The molecule has 0 aromatic heterocycles. The summed E-state index contributed by atoms with van der Waals surface area (Å²) in [6.07, 6.45) is -4.84. The SMILES string of the molecule is COc1cc2c(cc1N1C[C@@H](C)N(C)[C@@H](C)C1)N(C(=O)Cc1cccc(F)c1C(F)(F)F)CC2. The van der Waals surface area contributed by atoms with Crippen LogP contribution in [0.3, 0.4) is 0 Å². The quantitative estimate of drug-likeness (QED) is 0.605. The minimum absolute atomic E-state index is 0.313. The Morgan fingerprint density at radius 2 is 1.79 bits per heavy atom. The maximum Gasteiger partial charge on any atom is 0.419 e. The van der Waals surface area contributed by atoms with Crippen LogP contribution >= 0.6 is 0 Å². The number of nitrogens with zero attached hydrogens (tertiary/aromatic N) is 3. The molecule has 0 spiro atoms. The molecule has 5 nitrogen and oxygen atoms in total. The number of hydrogen-bond donors (Lipinski definition) is 0. The number of likely N-dealkylation sites (N-methyl/N-ethyl adjacent to an activating group) is 1. The van der Waals surface area contributed by atoms with Crippen molar-refractivity contribution in [3.8, 4) is 5.75 Å². The first-order valence-electron chi connectivity index (χ1n) is 11.3. The average molecular weight is 480 g/mol. The molecule has 34 heavy (non-hydrogen) atoms. The summed E-state index contributed by atoms with van der Waals surface area (Å²) in [5.74, 6) is -1.16. The first kappa shape index (κ1) is 24.3. The van der Waals surface area contributed by atoms with E-state index in [1.54, 1.807) is 7.11 Å². The highest BCUT2D eigenvalue weighted by molar-refractivity contribution is 5.98. The van der Waals surface area contributed by atoms with Gasteiger partial charge >= 0.3 is 6.18 Å². The van der Waals surface area contributed by atoms with Crippen LogP contribution in [-0.2, 0) is 23.8 Å². The number of hydrogen-bond acceptors (Lipinski definition) is 4. The maximum absolute atomic E-state index is 14.0. The third-order valence-electron chi connectivity index (χ3n) is 7.00. The standard InChI is InChI=1S/C25H29F4N3O2/c1-15-13-31(14-16(2)30(15)3)21-12-20-17(10-22(21)34-4)8-9-32(20)23(33)11-18-6-5-7-19(26)24(18)25(27,28)29/h5-7,10,12,15-16H,8-9,11,13-14H2,1-4H3/t15-,16+.